The second kappa shape index (κ2) is 9.56. The van der Waals surface area contributed by atoms with Crippen LogP contribution < -0.4 is 14.8 Å². The minimum Gasteiger partial charge on any atom is -0.494 e. The van der Waals surface area contributed by atoms with Gasteiger partial charge in [0.25, 0.3) is 5.91 Å². The lowest BCUT2D eigenvalue weighted by atomic mass is 10.2. The molecular weight excluding hydrogens is 353 g/mol. The van der Waals surface area contributed by atoms with Crippen molar-refractivity contribution in [3.8, 4) is 11.5 Å². The fourth-order valence-corrected chi connectivity index (χ4v) is 2.14. The maximum Gasteiger partial charge on any atom is 0.344 e. The zero-order chi connectivity index (χ0) is 19.8. The molecule has 0 radical (unpaired) electrons. The number of esters is 1. The molecule has 144 valence electrons. The number of carbonyl (C=O) groups excluding carboxylic acids is 2. The van der Waals surface area contributed by atoms with Crippen LogP contribution in [0, 0.1) is 12.7 Å². The van der Waals surface area contributed by atoms with E-state index in [2.05, 4.69) is 5.32 Å². The Morgan fingerprint density at radius 1 is 1.07 bits per heavy atom. The molecule has 0 aliphatic carbocycles. The number of rotatable bonds is 8. The molecule has 2 aromatic carbocycles. The molecule has 0 aliphatic heterocycles. The molecule has 0 bridgehead atoms. The van der Waals surface area contributed by atoms with Gasteiger partial charge >= 0.3 is 5.97 Å². The molecule has 0 aliphatic rings. The summed E-state index contributed by atoms with van der Waals surface area (Å²) >= 11 is 0. The molecule has 0 aromatic heterocycles. The Hall–Kier alpha value is -3.09. The van der Waals surface area contributed by atoms with E-state index in [4.69, 9.17) is 14.2 Å². The van der Waals surface area contributed by atoms with Crippen molar-refractivity contribution in [3.05, 3.63) is 53.8 Å². The highest BCUT2D eigenvalue weighted by molar-refractivity contribution is 5.95. The van der Waals surface area contributed by atoms with Gasteiger partial charge in [0.15, 0.2) is 12.7 Å². The number of halogens is 1. The summed E-state index contributed by atoms with van der Waals surface area (Å²) in [6.45, 7) is 5.14. The Bertz CT molecular complexity index is 791. The minimum absolute atomic E-state index is 0.289. The van der Waals surface area contributed by atoms with Gasteiger partial charge in [-0.25, -0.2) is 9.18 Å². The smallest absolute Gasteiger partial charge is 0.344 e. The van der Waals surface area contributed by atoms with Crippen molar-refractivity contribution in [2.24, 2.45) is 0 Å². The van der Waals surface area contributed by atoms with Crippen LogP contribution in [-0.4, -0.2) is 31.2 Å². The van der Waals surface area contributed by atoms with Crippen molar-refractivity contribution >= 4 is 17.6 Å². The summed E-state index contributed by atoms with van der Waals surface area (Å²) in [6.07, 6.45) is -1.05. The molecular formula is C20H22FNO5. The molecule has 0 heterocycles. The summed E-state index contributed by atoms with van der Waals surface area (Å²) in [5.41, 5.74) is 0.760. The van der Waals surface area contributed by atoms with Crippen LogP contribution in [-0.2, 0) is 14.3 Å². The summed E-state index contributed by atoms with van der Waals surface area (Å²) in [6, 6.07) is 11.1. The van der Waals surface area contributed by atoms with E-state index < -0.39 is 23.8 Å². The molecule has 2 aromatic rings. The molecule has 0 saturated carbocycles. The van der Waals surface area contributed by atoms with Gasteiger partial charge < -0.3 is 19.5 Å². The Labute approximate surface area is 157 Å². The van der Waals surface area contributed by atoms with Gasteiger partial charge in [-0.2, -0.15) is 0 Å². The van der Waals surface area contributed by atoms with Gasteiger partial charge in [0.1, 0.15) is 17.3 Å². The normalized spacial score (nSPS) is 11.4. The molecule has 0 saturated heterocycles. The van der Waals surface area contributed by atoms with Crippen LogP contribution in [0.3, 0.4) is 0 Å². The Morgan fingerprint density at radius 3 is 2.30 bits per heavy atom. The quantitative estimate of drug-likeness (QED) is 0.715. The third kappa shape index (κ3) is 6.29. The minimum atomic E-state index is -1.05. The number of nitrogens with one attached hydrogen (secondary N) is 1. The van der Waals surface area contributed by atoms with Gasteiger partial charge in [-0.05, 0) is 62.7 Å². The Morgan fingerprint density at radius 2 is 1.70 bits per heavy atom. The number of ether oxygens (including phenoxy) is 3. The number of amides is 1. The third-order valence-electron chi connectivity index (χ3n) is 3.61. The number of aryl methyl sites for hydroxylation is 1. The summed E-state index contributed by atoms with van der Waals surface area (Å²) in [4.78, 5) is 23.9. The van der Waals surface area contributed by atoms with Crippen LogP contribution in [0.2, 0.25) is 0 Å². The lowest BCUT2D eigenvalue weighted by Crippen LogP contribution is -2.31. The highest BCUT2D eigenvalue weighted by Gasteiger charge is 2.18. The van der Waals surface area contributed by atoms with Crippen molar-refractivity contribution in [3.63, 3.8) is 0 Å². The second-order valence-electron chi connectivity index (χ2n) is 5.78. The molecule has 1 atom stereocenters. The predicted molar refractivity (Wildman–Crippen MR) is 98.4 cm³/mol. The van der Waals surface area contributed by atoms with Gasteiger partial charge in [0.05, 0.1) is 6.61 Å². The first-order valence-corrected chi connectivity index (χ1v) is 8.51. The van der Waals surface area contributed by atoms with Crippen molar-refractivity contribution < 1.29 is 28.2 Å². The van der Waals surface area contributed by atoms with Crippen LogP contribution in [0.1, 0.15) is 19.4 Å². The zero-order valence-corrected chi connectivity index (χ0v) is 15.5. The lowest BCUT2D eigenvalue weighted by molar-refractivity contribution is -0.155. The Balaban J connectivity index is 1.79. The highest BCUT2D eigenvalue weighted by atomic mass is 19.1. The van der Waals surface area contributed by atoms with E-state index in [1.807, 2.05) is 6.92 Å². The van der Waals surface area contributed by atoms with Gasteiger partial charge in [0, 0.05) is 5.69 Å². The molecule has 1 amide bonds. The van der Waals surface area contributed by atoms with E-state index in [-0.39, 0.29) is 12.3 Å². The standard InChI is InChI=1S/C20H22FNO5/c1-4-25-16-7-9-17(10-8-16)26-12-19(23)27-14(3)20(24)22-15-6-5-13(2)18(21)11-15/h5-11,14H,4,12H2,1-3H3,(H,22,24)/t14-/m1/s1. The predicted octanol–water partition coefficient (Wildman–Crippen LogP) is 3.48. The fraction of sp³-hybridized carbons (Fsp3) is 0.300. The molecule has 0 unspecified atom stereocenters. The monoisotopic (exact) mass is 375 g/mol. The van der Waals surface area contributed by atoms with E-state index in [0.717, 1.165) is 0 Å². The summed E-state index contributed by atoms with van der Waals surface area (Å²) in [7, 11) is 0. The van der Waals surface area contributed by atoms with Gasteiger partial charge in [-0.1, -0.05) is 6.07 Å². The van der Waals surface area contributed by atoms with Crippen molar-refractivity contribution in [1.82, 2.24) is 0 Å². The van der Waals surface area contributed by atoms with Crippen molar-refractivity contribution in [2.45, 2.75) is 26.9 Å². The molecule has 1 N–H and O–H groups in total. The number of hydrogen-bond acceptors (Lipinski definition) is 5. The number of carbonyl (C=O) groups is 2. The average molecular weight is 375 g/mol. The third-order valence-corrected chi connectivity index (χ3v) is 3.61. The van der Waals surface area contributed by atoms with E-state index in [1.165, 1.54) is 13.0 Å². The number of hydrogen-bond donors (Lipinski definition) is 1. The molecule has 27 heavy (non-hydrogen) atoms. The van der Waals surface area contributed by atoms with E-state index in [9.17, 15) is 14.0 Å². The SMILES string of the molecule is CCOc1ccc(OCC(=O)O[C@H](C)C(=O)Nc2ccc(C)c(F)c2)cc1. The molecule has 0 fully saturated rings. The highest BCUT2D eigenvalue weighted by Crippen LogP contribution is 2.17. The maximum absolute atomic E-state index is 13.5. The second-order valence-corrected chi connectivity index (χ2v) is 5.78. The van der Waals surface area contributed by atoms with Gasteiger partial charge in [0.2, 0.25) is 0 Å². The Kier molecular flexibility index (Phi) is 7.16. The summed E-state index contributed by atoms with van der Waals surface area (Å²) in [5.74, 6) is -0.511. The molecule has 7 heteroatoms. The maximum atomic E-state index is 13.5. The largest absolute Gasteiger partial charge is 0.494 e. The first-order valence-electron chi connectivity index (χ1n) is 8.51. The lowest BCUT2D eigenvalue weighted by Gasteiger charge is -2.14. The van der Waals surface area contributed by atoms with Gasteiger partial charge in [-0.3, -0.25) is 4.79 Å². The van der Waals surface area contributed by atoms with Crippen LogP contribution in [0.4, 0.5) is 10.1 Å². The zero-order valence-electron chi connectivity index (χ0n) is 15.5. The van der Waals surface area contributed by atoms with E-state index in [1.54, 1.807) is 43.3 Å². The van der Waals surface area contributed by atoms with Crippen LogP contribution in [0.15, 0.2) is 42.5 Å². The number of benzene rings is 2. The van der Waals surface area contributed by atoms with Crippen LogP contribution in [0.25, 0.3) is 0 Å². The number of anilines is 1. The van der Waals surface area contributed by atoms with Crippen molar-refractivity contribution in [1.29, 1.82) is 0 Å². The first kappa shape index (κ1) is 20.2. The van der Waals surface area contributed by atoms with Crippen LogP contribution in [0.5, 0.6) is 11.5 Å². The van der Waals surface area contributed by atoms with Crippen molar-refractivity contribution in [2.75, 3.05) is 18.5 Å². The summed E-state index contributed by atoms with van der Waals surface area (Å²) in [5, 5.41) is 2.50. The molecule has 6 nitrogen and oxygen atoms in total. The van der Waals surface area contributed by atoms with Crippen LogP contribution >= 0.6 is 0 Å². The van der Waals surface area contributed by atoms with Gasteiger partial charge in [-0.15, -0.1) is 0 Å². The fourth-order valence-electron chi connectivity index (χ4n) is 2.14. The van der Waals surface area contributed by atoms with E-state index in [0.29, 0.717) is 23.7 Å². The molecule has 0 spiro atoms. The molecule has 2 rings (SSSR count). The first-order chi connectivity index (χ1) is 12.9. The average Bonchev–Trinajstić information content (AvgIpc) is 2.64. The summed E-state index contributed by atoms with van der Waals surface area (Å²) < 4.78 is 29.2. The van der Waals surface area contributed by atoms with E-state index >= 15 is 0 Å². The topological polar surface area (TPSA) is 73.9 Å².